The average Bonchev–Trinajstić information content (AvgIpc) is 2.71. The number of hydrogen-bond acceptors (Lipinski definition) is 3. The summed E-state index contributed by atoms with van der Waals surface area (Å²) in [6, 6.07) is 10.8. The summed E-state index contributed by atoms with van der Waals surface area (Å²) in [7, 11) is 0. The molecule has 1 N–H and O–H groups in total. The molecule has 0 bridgehead atoms. The van der Waals surface area contributed by atoms with Crippen LogP contribution in [0.15, 0.2) is 46.9 Å². The van der Waals surface area contributed by atoms with Gasteiger partial charge in [-0.3, -0.25) is 9.59 Å². The number of fused-ring (bicyclic) bond motifs is 1. The topological polar surface area (TPSA) is 74.7 Å². The van der Waals surface area contributed by atoms with Crippen molar-refractivity contribution in [2.45, 2.75) is 0 Å². The summed E-state index contributed by atoms with van der Waals surface area (Å²) in [4.78, 5) is 36.8. The second-order valence-electron chi connectivity index (χ2n) is 4.46. The van der Waals surface area contributed by atoms with Gasteiger partial charge in [-0.15, -0.1) is 0 Å². The number of halogens is 1. The maximum Gasteiger partial charge on any atom is 0.335 e. The molecule has 0 atom stereocenters. The summed E-state index contributed by atoms with van der Waals surface area (Å²) in [6.45, 7) is 0. The largest absolute Gasteiger partial charge is 0.478 e. The first-order valence-corrected chi connectivity index (χ1v) is 6.80. The first-order valence-electron chi connectivity index (χ1n) is 6.01. The third-order valence-corrected chi connectivity index (χ3v) is 3.90. The van der Waals surface area contributed by atoms with Crippen molar-refractivity contribution < 1.29 is 19.5 Å². The van der Waals surface area contributed by atoms with E-state index >= 15 is 0 Å². The number of imide groups is 1. The van der Waals surface area contributed by atoms with Crippen LogP contribution in [0.4, 0.5) is 5.69 Å². The first-order chi connectivity index (χ1) is 10.0. The van der Waals surface area contributed by atoms with Gasteiger partial charge in [0.15, 0.2) is 0 Å². The van der Waals surface area contributed by atoms with Crippen LogP contribution in [0.5, 0.6) is 0 Å². The molecule has 6 heteroatoms. The quantitative estimate of drug-likeness (QED) is 0.849. The minimum absolute atomic E-state index is 0.0242. The van der Waals surface area contributed by atoms with Gasteiger partial charge < -0.3 is 5.11 Å². The number of carbonyl (C=O) groups is 3. The molecule has 2 aromatic carbocycles. The number of anilines is 1. The number of para-hydroxylation sites is 1. The molecule has 1 aliphatic rings. The number of carbonyl (C=O) groups excluding carboxylic acids is 2. The Balaban J connectivity index is 2.13. The fourth-order valence-corrected chi connectivity index (χ4v) is 2.69. The Morgan fingerprint density at radius 1 is 1.00 bits per heavy atom. The van der Waals surface area contributed by atoms with Gasteiger partial charge in [-0.25, -0.2) is 9.69 Å². The molecular weight excluding hydrogens is 338 g/mol. The number of aromatic carboxylic acids is 1. The summed E-state index contributed by atoms with van der Waals surface area (Å²) < 4.78 is 0.609. The van der Waals surface area contributed by atoms with Gasteiger partial charge in [0, 0.05) is 4.47 Å². The van der Waals surface area contributed by atoms with E-state index in [1.165, 1.54) is 18.2 Å². The average molecular weight is 346 g/mol. The lowest BCUT2D eigenvalue weighted by Crippen LogP contribution is -2.29. The smallest absolute Gasteiger partial charge is 0.335 e. The van der Waals surface area contributed by atoms with Gasteiger partial charge in [0.25, 0.3) is 11.8 Å². The fourth-order valence-electron chi connectivity index (χ4n) is 2.23. The van der Waals surface area contributed by atoms with Crippen LogP contribution >= 0.6 is 15.9 Å². The van der Waals surface area contributed by atoms with Crippen molar-refractivity contribution >= 4 is 39.4 Å². The highest BCUT2D eigenvalue weighted by Gasteiger charge is 2.37. The minimum atomic E-state index is -1.14. The molecule has 104 valence electrons. The number of hydrogen-bond donors (Lipinski definition) is 1. The summed E-state index contributed by atoms with van der Waals surface area (Å²) in [5.41, 5.74) is 0.723. The predicted molar refractivity (Wildman–Crippen MR) is 78.7 cm³/mol. The second kappa shape index (κ2) is 4.82. The summed E-state index contributed by atoms with van der Waals surface area (Å²) in [6.07, 6.45) is 0. The highest BCUT2D eigenvalue weighted by atomic mass is 79.9. The third kappa shape index (κ3) is 2.04. The van der Waals surface area contributed by atoms with Gasteiger partial charge in [-0.2, -0.15) is 0 Å². The normalized spacial score (nSPS) is 13.5. The van der Waals surface area contributed by atoms with Crippen molar-refractivity contribution in [3.8, 4) is 0 Å². The lowest BCUT2D eigenvalue weighted by Gasteiger charge is -2.15. The standard InChI is InChI=1S/C15H8BrNO4/c16-11-3-1-2-4-12(11)17-13(18)9-6-5-8(15(20)21)7-10(9)14(17)19/h1-7H,(H,20,21). The molecule has 0 aliphatic carbocycles. The zero-order valence-corrected chi connectivity index (χ0v) is 12.1. The molecule has 0 unspecified atom stereocenters. The maximum absolute atomic E-state index is 12.4. The molecule has 0 saturated heterocycles. The number of amides is 2. The van der Waals surface area contributed by atoms with E-state index in [0.717, 1.165) is 4.90 Å². The molecule has 0 aromatic heterocycles. The summed E-state index contributed by atoms with van der Waals surface area (Å²) in [5, 5.41) is 8.98. The van der Waals surface area contributed by atoms with Crippen LogP contribution < -0.4 is 4.90 Å². The van der Waals surface area contributed by atoms with Crippen molar-refractivity contribution in [3.05, 3.63) is 63.6 Å². The molecule has 0 spiro atoms. The van der Waals surface area contributed by atoms with Crippen LogP contribution in [-0.4, -0.2) is 22.9 Å². The van der Waals surface area contributed by atoms with E-state index in [4.69, 9.17) is 5.11 Å². The molecule has 2 amide bonds. The van der Waals surface area contributed by atoms with Crippen LogP contribution in [0.25, 0.3) is 0 Å². The predicted octanol–water partition coefficient (Wildman–Crippen LogP) is 2.95. The fraction of sp³-hybridized carbons (Fsp3) is 0. The zero-order chi connectivity index (χ0) is 15.1. The number of carboxylic acids is 1. The summed E-state index contributed by atoms with van der Waals surface area (Å²) in [5.74, 6) is -2.12. The molecule has 21 heavy (non-hydrogen) atoms. The van der Waals surface area contributed by atoms with E-state index in [0.29, 0.717) is 10.2 Å². The lowest BCUT2D eigenvalue weighted by molar-refractivity contribution is 0.0696. The van der Waals surface area contributed by atoms with Crippen LogP contribution in [0.3, 0.4) is 0 Å². The molecule has 0 radical (unpaired) electrons. The third-order valence-electron chi connectivity index (χ3n) is 3.23. The Bertz CT molecular complexity index is 800. The molecule has 0 fully saturated rings. The highest BCUT2D eigenvalue weighted by molar-refractivity contribution is 9.10. The van der Waals surface area contributed by atoms with Crippen molar-refractivity contribution in [2.75, 3.05) is 4.90 Å². The van der Waals surface area contributed by atoms with Gasteiger partial charge >= 0.3 is 5.97 Å². The number of carboxylic acid groups (broad SMARTS) is 1. The Kier molecular flexibility index (Phi) is 3.10. The molecule has 1 heterocycles. The van der Waals surface area contributed by atoms with E-state index in [1.54, 1.807) is 24.3 Å². The van der Waals surface area contributed by atoms with E-state index in [9.17, 15) is 14.4 Å². The monoisotopic (exact) mass is 345 g/mol. The number of nitrogens with zero attached hydrogens (tertiary/aromatic N) is 1. The molecule has 2 aromatic rings. The Labute approximate surface area is 127 Å². The van der Waals surface area contributed by atoms with Crippen LogP contribution in [0.2, 0.25) is 0 Å². The van der Waals surface area contributed by atoms with Gasteiger partial charge in [0.1, 0.15) is 0 Å². The first kappa shape index (κ1) is 13.5. The van der Waals surface area contributed by atoms with Crippen molar-refractivity contribution in [1.82, 2.24) is 0 Å². The zero-order valence-electron chi connectivity index (χ0n) is 10.5. The van der Waals surface area contributed by atoms with Crippen LogP contribution in [0.1, 0.15) is 31.1 Å². The van der Waals surface area contributed by atoms with E-state index in [-0.39, 0.29) is 16.7 Å². The molecule has 0 saturated carbocycles. The minimum Gasteiger partial charge on any atom is -0.478 e. The van der Waals surface area contributed by atoms with Crippen LogP contribution in [-0.2, 0) is 0 Å². The van der Waals surface area contributed by atoms with Crippen LogP contribution in [0, 0.1) is 0 Å². The maximum atomic E-state index is 12.4. The van der Waals surface area contributed by atoms with Crippen molar-refractivity contribution in [1.29, 1.82) is 0 Å². The van der Waals surface area contributed by atoms with Gasteiger partial charge in [-0.05, 0) is 46.3 Å². The van der Waals surface area contributed by atoms with E-state index in [2.05, 4.69) is 15.9 Å². The highest BCUT2D eigenvalue weighted by Crippen LogP contribution is 2.33. The molecular formula is C15H8BrNO4. The Hall–Kier alpha value is -2.47. The van der Waals surface area contributed by atoms with Gasteiger partial charge in [0.2, 0.25) is 0 Å². The lowest BCUT2D eigenvalue weighted by atomic mass is 10.1. The van der Waals surface area contributed by atoms with Crippen molar-refractivity contribution in [2.24, 2.45) is 0 Å². The van der Waals surface area contributed by atoms with Gasteiger partial charge in [-0.1, -0.05) is 12.1 Å². The molecule has 5 nitrogen and oxygen atoms in total. The SMILES string of the molecule is O=C(O)c1ccc2c(c1)C(=O)N(c1ccccc1Br)C2=O. The molecule has 1 aliphatic heterocycles. The summed E-state index contributed by atoms with van der Waals surface area (Å²) >= 11 is 3.30. The number of rotatable bonds is 2. The molecule has 3 rings (SSSR count). The second-order valence-corrected chi connectivity index (χ2v) is 5.32. The van der Waals surface area contributed by atoms with Crippen molar-refractivity contribution in [3.63, 3.8) is 0 Å². The van der Waals surface area contributed by atoms with E-state index in [1.807, 2.05) is 0 Å². The Morgan fingerprint density at radius 3 is 2.33 bits per heavy atom. The Morgan fingerprint density at radius 2 is 1.67 bits per heavy atom. The van der Waals surface area contributed by atoms with E-state index < -0.39 is 17.8 Å². The number of benzene rings is 2. The van der Waals surface area contributed by atoms with Gasteiger partial charge in [0.05, 0.1) is 22.4 Å².